The smallest absolute Gasteiger partial charge is 0.226 e. The number of nitrogens with one attached hydrogen (secondary N) is 1. The maximum absolute atomic E-state index is 12.4. The Balaban J connectivity index is 1.63. The van der Waals surface area contributed by atoms with Gasteiger partial charge >= 0.3 is 0 Å². The lowest BCUT2D eigenvalue weighted by atomic mass is 10.0. The molecular weight excluding hydrogens is 368 g/mol. The third-order valence-electron chi connectivity index (χ3n) is 4.33. The molecule has 0 bridgehead atoms. The molecule has 2 aromatic rings. The normalized spacial score (nSPS) is 16.8. The summed E-state index contributed by atoms with van der Waals surface area (Å²) >= 11 is 3.54. The largest absolute Gasteiger partial charge is 0.481 e. The summed E-state index contributed by atoms with van der Waals surface area (Å²) in [6.07, 6.45) is 4.33. The van der Waals surface area contributed by atoms with Gasteiger partial charge in [0, 0.05) is 16.6 Å². The van der Waals surface area contributed by atoms with Gasteiger partial charge in [-0.15, -0.1) is 0 Å². The molecule has 0 spiro atoms. The molecule has 0 saturated heterocycles. The second-order valence-corrected chi connectivity index (χ2v) is 7.04. The summed E-state index contributed by atoms with van der Waals surface area (Å²) in [7, 11) is 1.58. The number of carbonyl (C=O) groups excluding carboxylic acids is 1. The lowest BCUT2D eigenvalue weighted by Gasteiger charge is -2.17. The van der Waals surface area contributed by atoms with Crippen LogP contribution in [0.4, 0.5) is 0 Å². The average Bonchev–Trinajstić information content (AvgIpc) is 2.76. The van der Waals surface area contributed by atoms with Crippen LogP contribution in [0.2, 0.25) is 0 Å². The van der Waals surface area contributed by atoms with E-state index in [0.717, 1.165) is 35.8 Å². The van der Waals surface area contributed by atoms with Gasteiger partial charge in [0.1, 0.15) is 0 Å². The fourth-order valence-electron chi connectivity index (χ4n) is 3.17. The highest BCUT2D eigenvalue weighted by atomic mass is 79.9. The van der Waals surface area contributed by atoms with Crippen LogP contribution in [0.3, 0.4) is 0 Å². The summed E-state index contributed by atoms with van der Waals surface area (Å²) in [5.41, 5.74) is 3.44. The molecule has 0 saturated carbocycles. The van der Waals surface area contributed by atoms with Crippen LogP contribution in [0.1, 0.15) is 29.7 Å². The fourth-order valence-corrected chi connectivity index (χ4v) is 3.58. The van der Waals surface area contributed by atoms with Crippen LogP contribution in [-0.4, -0.2) is 24.0 Å². The number of hydrogen-bond acceptors (Lipinski definition) is 3. The standard InChI is InChI=1S/C19H21BrN2O2/c1-24-19-7-3-6-17(22-19)12-18(23)21-16-5-2-4-13-8-9-15(20)10-14(13)11-16/h3,6-10,16H,2,4-5,11-12H2,1H3,(H,21,23). The van der Waals surface area contributed by atoms with Crippen LogP contribution in [-0.2, 0) is 24.1 Å². The second-order valence-electron chi connectivity index (χ2n) is 6.12. The van der Waals surface area contributed by atoms with Gasteiger partial charge in [-0.1, -0.05) is 28.1 Å². The second kappa shape index (κ2) is 7.79. The van der Waals surface area contributed by atoms with Gasteiger partial charge in [0.25, 0.3) is 0 Å². The van der Waals surface area contributed by atoms with Crippen molar-refractivity contribution in [2.45, 2.75) is 38.1 Å². The lowest BCUT2D eigenvalue weighted by Crippen LogP contribution is -2.37. The molecule has 1 unspecified atom stereocenters. The quantitative estimate of drug-likeness (QED) is 0.815. The number of benzene rings is 1. The van der Waals surface area contributed by atoms with Crippen molar-refractivity contribution in [3.8, 4) is 5.88 Å². The monoisotopic (exact) mass is 388 g/mol. The average molecular weight is 389 g/mol. The van der Waals surface area contributed by atoms with Crippen molar-refractivity contribution < 1.29 is 9.53 Å². The number of rotatable bonds is 4. The van der Waals surface area contributed by atoms with Gasteiger partial charge in [0.05, 0.1) is 19.2 Å². The van der Waals surface area contributed by atoms with E-state index in [-0.39, 0.29) is 18.4 Å². The van der Waals surface area contributed by atoms with Crippen molar-refractivity contribution >= 4 is 21.8 Å². The number of carbonyl (C=O) groups is 1. The van der Waals surface area contributed by atoms with E-state index in [1.807, 2.05) is 12.1 Å². The Morgan fingerprint density at radius 3 is 3.04 bits per heavy atom. The number of aryl methyl sites for hydroxylation is 1. The molecule has 1 N–H and O–H groups in total. The van der Waals surface area contributed by atoms with Gasteiger partial charge < -0.3 is 10.1 Å². The number of amides is 1. The van der Waals surface area contributed by atoms with Gasteiger partial charge in [0.2, 0.25) is 11.8 Å². The molecule has 24 heavy (non-hydrogen) atoms. The first-order valence-electron chi connectivity index (χ1n) is 8.20. The molecule has 1 aliphatic rings. The molecule has 3 rings (SSSR count). The number of ether oxygens (including phenoxy) is 1. The number of halogens is 1. The predicted molar refractivity (Wildman–Crippen MR) is 97.2 cm³/mol. The number of aromatic nitrogens is 1. The van der Waals surface area contributed by atoms with Crippen LogP contribution < -0.4 is 10.1 Å². The first-order valence-corrected chi connectivity index (χ1v) is 9.00. The van der Waals surface area contributed by atoms with Crippen LogP contribution in [0.15, 0.2) is 40.9 Å². The SMILES string of the molecule is COc1cccc(CC(=O)NC2CCCc3ccc(Br)cc3C2)n1. The van der Waals surface area contributed by atoms with Gasteiger partial charge in [-0.2, -0.15) is 0 Å². The summed E-state index contributed by atoms with van der Waals surface area (Å²) in [5, 5.41) is 3.17. The fraction of sp³-hybridized carbons (Fsp3) is 0.368. The van der Waals surface area contributed by atoms with Crippen LogP contribution in [0, 0.1) is 0 Å². The topological polar surface area (TPSA) is 51.2 Å². The van der Waals surface area contributed by atoms with E-state index in [4.69, 9.17) is 4.74 Å². The van der Waals surface area contributed by atoms with E-state index in [0.29, 0.717) is 5.88 Å². The number of pyridine rings is 1. The van der Waals surface area contributed by atoms with Gasteiger partial charge in [-0.05, 0) is 55.0 Å². The minimum atomic E-state index is 0.0131. The molecule has 1 atom stereocenters. The highest BCUT2D eigenvalue weighted by molar-refractivity contribution is 9.10. The van der Waals surface area contributed by atoms with Gasteiger partial charge in [-0.3, -0.25) is 4.79 Å². The molecule has 126 valence electrons. The lowest BCUT2D eigenvalue weighted by molar-refractivity contribution is -0.121. The minimum absolute atomic E-state index is 0.0131. The Hall–Kier alpha value is -1.88. The zero-order chi connectivity index (χ0) is 16.9. The number of fused-ring (bicyclic) bond motifs is 1. The molecule has 0 radical (unpaired) electrons. The first kappa shape index (κ1) is 17.0. The summed E-state index contributed by atoms with van der Waals surface area (Å²) < 4.78 is 6.20. The molecule has 4 nitrogen and oxygen atoms in total. The van der Waals surface area contributed by atoms with Crippen molar-refractivity contribution in [1.82, 2.24) is 10.3 Å². The summed E-state index contributed by atoms with van der Waals surface area (Å²) in [6.45, 7) is 0. The third kappa shape index (κ3) is 4.35. The minimum Gasteiger partial charge on any atom is -0.481 e. The maximum Gasteiger partial charge on any atom is 0.226 e. The van der Waals surface area contributed by atoms with Crippen LogP contribution >= 0.6 is 15.9 Å². The van der Waals surface area contributed by atoms with E-state index in [2.05, 4.69) is 44.4 Å². The molecule has 1 aromatic carbocycles. The van der Waals surface area contributed by atoms with E-state index < -0.39 is 0 Å². The zero-order valence-electron chi connectivity index (χ0n) is 13.7. The number of nitrogens with zero attached hydrogens (tertiary/aromatic N) is 1. The molecule has 0 fully saturated rings. The Bertz CT molecular complexity index is 733. The van der Waals surface area contributed by atoms with Gasteiger partial charge in [0.15, 0.2) is 0 Å². The van der Waals surface area contributed by atoms with Crippen LogP contribution in [0.5, 0.6) is 5.88 Å². The molecular formula is C19H21BrN2O2. The Kier molecular flexibility index (Phi) is 5.51. The zero-order valence-corrected chi connectivity index (χ0v) is 15.3. The molecule has 1 aliphatic carbocycles. The summed E-state index contributed by atoms with van der Waals surface area (Å²) in [5.74, 6) is 0.549. The predicted octanol–water partition coefficient (Wildman–Crippen LogP) is 3.46. The Morgan fingerprint density at radius 2 is 2.21 bits per heavy atom. The molecule has 5 heteroatoms. The van der Waals surface area contributed by atoms with E-state index in [1.54, 1.807) is 13.2 Å². The molecule has 1 heterocycles. The van der Waals surface area contributed by atoms with Gasteiger partial charge in [-0.25, -0.2) is 4.98 Å². The van der Waals surface area contributed by atoms with E-state index in [1.165, 1.54) is 11.1 Å². The Labute approximate surface area is 150 Å². The summed E-state index contributed by atoms with van der Waals surface area (Å²) in [4.78, 5) is 16.7. The Morgan fingerprint density at radius 1 is 1.33 bits per heavy atom. The molecule has 0 aliphatic heterocycles. The van der Waals surface area contributed by atoms with E-state index in [9.17, 15) is 4.79 Å². The number of hydrogen-bond donors (Lipinski definition) is 1. The summed E-state index contributed by atoms with van der Waals surface area (Å²) in [6, 6.07) is 12.1. The highest BCUT2D eigenvalue weighted by Gasteiger charge is 2.19. The number of methoxy groups -OCH3 is 1. The van der Waals surface area contributed by atoms with Crippen molar-refractivity contribution in [3.05, 3.63) is 57.7 Å². The molecule has 1 amide bonds. The van der Waals surface area contributed by atoms with Crippen molar-refractivity contribution in [2.75, 3.05) is 7.11 Å². The maximum atomic E-state index is 12.4. The van der Waals surface area contributed by atoms with E-state index >= 15 is 0 Å². The van der Waals surface area contributed by atoms with Crippen molar-refractivity contribution in [3.63, 3.8) is 0 Å². The van der Waals surface area contributed by atoms with Crippen LogP contribution in [0.25, 0.3) is 0 Å². The molecule has 1 aromatic heterocycles. The van der Waals surface area contributed by atoms with Crippen molar-refractivity contribution in [1.29, 1.82) is 0 Å². The highest BCUT2D eigenvalue weighted by Crippen LogP contribution is 2.24. The van der Waals surface area contributed by atoms with Crippen molar-refractivity contribution in [2.24, 2.45) is 0 Å². The first-order chi connectivity index (χ1) is 11.6. The third-order valence-corrected chi connectivity index (χ3v) is 4.82.